The van der Waals surface area contributed by atoms with Crippen LogP contribution in [0.15, 0.2) is 0 Å². The second-order valence-corrected chi connectivity index (χ2v) is 8.09. The van der Waals surface area contributed by atoms with Crippen molar-refractivity contribution < 1.29 is 9.53 Å². The molecule has 2 nitrogen and oxygen atoms in total. The van der Waals surface area contributed by atoms with Gasteiger partial charge in [-0.1, -0.05) is 38.5 Å². The summed E-state index contributed by atoms with van der Waals surface area (Å²) < 4.78 is 5.92. The Balaban J connectivity index is 1.53. The van der Waals surface area contributed by atoms with E-state index in [0.29, 0.717) is 12.3 Å². The fraction of sp³-hybridized carbons (Fsp3) is 0.947. The first-order valence-corrected chi connectivity index (χ1v) is 9.38. The lowest BCUT2D eigenvalue weighted by Crippen LogP contribution is -2.37. The summed E-state index contributed by atoms with van der Waals surface area (Å²) in [6.07, 6.45) is 16.1. The lowest BCUT2D eigenvalue weighted by molar-refractivity contribution is -0.163. The Morgan fingerprint density at radius 1 is 0.952 bits per heavy atom. The van der Waals surface area contributed by atoms with Gasteiger partial charge >= 0.3 is 5.97 Å². The summed E-state index contributed by atoms with van der Waals surface area (Å²) in [5.74, 6) is 2.44. The third-order valence-corrected chi connectivity index (χ3v) is 6.42. The maximum absolute atomic E-state index is 12.4. The molecule has 0 saturated heterocycles. The molecule has 3 aliphatic carbocycles. The minimum atomic E-state index is -0.157. The number of esters is 1. The summed E-state index contributed by atoms with van der Waals surface area (Å²) in [6, 6.07) is 0. The van der Waals surface area contributed by atoms with E-state index in [0.717, 1.165) is 24.7 Å². The van der Waals surface area contributed by atoms with Gasteiger partial charge in [-0.25, -0.2) is 0 Å². The molecule has 0 aromatic heterocycles. The normalized spacial score (nSPS) is 35.8. The average molecular weight is 292 g/mol. The lowest BCUT2D eigenvalue weighted by Gasteiger charge is -2.41. The predicted molar refractivity (Wildman–Crippen MR) is 85.0 cm³/mol. The fourth-order valence-electron chi connectivity index (χ4n) is 5.26. The highest BCUT2D eigenvalue weighted by Crippen LogP contribution is 2.45. The van der Waals surface area contributed by atoms with Crippen LogP contribution in [-0.2, 0) is 9.53 Å². The predicted octanol–water partition coefficient (Wildman–Crippen LogP) is 5.25. The molecule has 0 N–H and O–H groups in total. The second kappa shape index (κ2) is 6.71. The Hall–Kier alpha value is -0.530. The molecule has 21 heavy (non-hydrogen) atoms. The van der Waals surface area contributed by atoms with Crippen molar-refractivity contribution in [3.63, 3.8) is 0 Å². The minimum Gasteiger partial charge on any atom is -0.459 e. The van der Waals surface area contributed by atoms with Gasteiger partial charge in [0.05, 0.1) is 0 Å². The largest absolute Gasteiger partial charge is 0.459 e. The summed E-state index contributed by atoms with van der Waals surface area (Å²) >= 11 is 0. The molecule has 0 heterocycles. The highest BCUT2D eigenvalue weighted by Gasteiger charge is 2.37. The maximum Gasteiger partial charge on any atom is 0.306 e. The Bertz CT molecular complexity index is 355. The molecule has 120 valence electrons. The molecule has 3 aliphatic rings. The van der Waals surface area contributed by atoms with Crippen LogP contribution >= 0.6 is 0 Å². The van der Waals surface area contributed by atoms with Crippen LogP contribution in [-0.4, -0.2) is 11.6 Å². The van der Waals surface area contributed by atoms with Crippen LogP contribution in [0.3, 0.4) is 0 Å². The van der Waals surface area contributed by atoms with Crippen molar-refractivity contribution in [1.82, 2.24) is 0 Å². The molecule has 0 aromatic rings. The zero-order chi connectivity index (χ0) is 14.7. The van der Waals surface area contributed by atoms with Crippen LogP contribution in [0.25, 0.3) is 0 Å². The third kappa shape index (κ3) is 3.81. The van der Waals surface area contributed by atoms with E-state index >= 15 is 0 Å². The number of carbonyl (C=O) groups excluding carboxylic acids is 1. The van der Waals surface area contributed by atoms with E-state index in [4.69, 9.17) is 4.74 Å². The maximum atomic E-state index is 12.4. The summed E-state index contributed by atoms with van der Waals surface area (Å²) in [4.78, 5) is 12.4. The fourth-order valence-corrected chi connectivity index (χ4v) is 5.26. The summed E-state index contributed by atoms with van der Waals surface area (Å²) in [5, 5.41) is 0. The van der Waals surface area contributed by atoms with E-state index in [-0.39, 0.29) is 11.6 Å². The molecule has 0 radical (unpaired) electrons. The van der Waals surface area contributed by atoms with Crippen LogP contribution in [0.4, 0.5) is 0 Å². The van der Waals surface area contributed by atoms with Crippen LogP contribution in [0.5, 0.6) is 0 Å². The number of hydrogen-bond acceptors (Lipinski definition) is 2. The van der Waals surface area contributed by atoms with Crippen molar-refractivity contribution in [1.29, 1.82) is 0 Å². The molecular weight excluding hydrogens is 260 g/mol. The first-order valence-electron chi connectivity index (χ1n) is 9.38. The van der Waals surface area contributed by atoms with Gasteiger partial charge in [0.25, 0.3) is 0 Å². The monoisotopic (exact) mass is 292 g/mol. The highest BCUT2D eigenvalue weighted by atomic mass is 16.6. The van der Waals surface area contributed by atoms with Crippen LogP contribution < -0.4 is 0 Å². The van der Waals surface area contributed by atoms with Crippen molar-refractivity contribution in [3.8, 4) is 0 Å². The van der Waals surface area contributed by atoms with Gasteiger partial charge < -0.3 is 4.74 Å². The van der Waals surface area contributed by atoms with Gasteiger partial charge in [-0.2, -0.15) is 0 Å². The molecule has 3 atom stereocenters. The topological polar surface area (TPSA) is 26.3 Å². The third-order valence-electron chi connectivity index (χ3n) is 6.42. The standard InChI is InChI=1S/C19H32O2/c1-19(12-5-2-6-13-19)21-18(20)14-16-10-7-9-15-8-3-4-11-17(15)16/h15-17H,2-14H2,1H3. The quantitative estimate of drug-likeness (QED) is 0.664. The molecule has 0 aromatic carbocycles. The van der Waals surface area contributed by atoms with E-state index < -0.39 is 0 Å². The second-order valence-electron chi connectivity index (χ2n) is 8.09. The number of carbonyl (C=O) groups is 1. The zero-order valence-electron chi connectivity index (χ0n) is 13.7. The smallest absolute Gasteiger partial charge is 0.306 e. The van der Waals surface area contributed by atoms with Gasteiger partial charge in [-0.3, -0.25) is 4.79 Å². The van der Waals surface area contributed by atoms with Crippen molar-refractivity contribution in [2.45, 2.75) is 96.0 Å². The van der Waals surface area contributed by atoms with E-state index in [2.05, 4.69) is 6.92 Å². The van der Waals surface area contributed by atoms with Gasteiger partial charge in [-0.05, 0) is 63.2 Å². The minimum absolute atomic E-state index is 0.0932. The van der Waals surface area contributed by atoms with E-state index in [1.165, 1.54) is 64.2 Å². The van der Waals surface area contributed by atoms with Crippen LogP contribution in [0, 0.1) is 17.8 Å². The Morgan fingerprint density at radius 2 is 1.67 bits per heavy atom. The highest BCUT2D eigenvalue weighted by molar-refractivity contribution is 5.70. The van der Waals surface area contributed by atoms with Crippen molar-refractivity contribution in [3.05, 3.63) is 0 Å². The Kier molecular flexibility index (Phi) is 4.91. The molecule has 3 fully saturated rings. The molecule has 0 bridgehead atoms. The number of hydrogen-bond donors (Lipinski definition) is 0. The molecule has 3 rings (SSSR count). The number of fused-ring (bicyclic) bond motifs is 1. The van der Waals surface area contributed by atoms with Gasteiger partial charge in [0.2, 0.25) is 0 Å². The van der Waals surface area contributed by atoms with Gasteiger partial charge in [0, 0.05) is 6.42 Å². The van der Waals surface area contributed by atoms with Gasteiger partial charge in [0.1, 0.15) is 5.60 Å². The van der Waals surface area contributed by atoms with Crippen LogP contribution in [0.2, 0.25) is 0 Å². The lowest BCUT2D eigenvalue weighted by atomic mass is 9.65. The van der Waals surface area contributed by atoms with Crippen molar-refractivity contribution >= 4 is 5.97 Å². The van der Waals surface area contributed by atoms with Gasteiger partial charge in [0.15, 0.2) is 0 Å². The average Bonchev–Trinajstić information content (AvgIpc) is 2.48. The van der Waals surface area contributed by atoms with E-state index in [9.17, 15) is 4.79 Å². The van der Waals surface area contributed by atoms with Crippen molar-refractivity contribution in [2.24, 2.45) is 17.8 Å². The molecule has 0 spiro atoms. The molecular formula is C19H32O2. The van der Waals surface area contributed by atoms with Crippen molar-refractivity contribution in [2.75, 3.05) is 0 Å². The number of rotatable bonds is 3. The van der Waals surface area contributed by atoms with E-state index in [1.807, 2.05) is 0 Å². The first kappa shape index (κ1) is 15.4. The summed E-state index contributed by atoms with van der Waals surface area (Å²) in [6.45, 7) is 2.15. The molecule has 3 unspecified atom stereocenters. The zero-order valence-corrected chi connectivity index (χ0v) is 13.7. The summed E-state index contributed by atoms with van der Waals surface area (Å²) in [5.41, 5.74) is -0.157. The summed E-state index contributed by atoms with van der Waals surface area (Å²) in [7, 11) is 0. The molecule has 0 aliphatic heterocycles. The van der Waals surface area contributed by atoms with E-state index in [1.54, 1.807) is 0 Å². The van der Waals surface area contributed by atoms with Crippen LogP contribution in [0.1, 0.15) is 90.4 Å². The number of ether oxygens (including phenoxy) is 1. The first-order chi connectivity index (χ1) is 10.2. The Labute approximate surface area is 130 Å². The Morgan fingerprint density at radius 3 is 2.48 bits per heavy atom. The molecule has 0 amide bonds. The molecule has 2 heteroatoms. The van der Waals surface area contributed by atoms with Gasteiger partial charge in [-0.15, -0.1) is 0 Å². The SMILES string of the molecule is CC1(OC(=O)CC2CCCC3CCCCC32)CCCCC1. The molecule has 3 saturated carbocycles.